The van der Waals surface area contributed by atoms with E-state index in [-0.39, 0.29) is 6.61 Å². The molecule has 0 radical (unpaired) electrons. The van der Waals surface area contributed by atoms with Crippen LogP contribution in [0.5, 0.6) is 17.2 Å². The maximum absolute atomic E-state index is 10.6. The number of aliphatic hydroxyl groups is 1. The second kappa shape index (κ2) is 8.57. The summed E-state index contributed by atoms with van der Waals surface area (Å²) in [7, 11) is 1.93. The average molecular weight is 413 g/mol. The van der Waals surface area contributed by atoms with Gasteiger partial charge in [-0.3, -0.25) is 0 Å². The standard InChI is InChI=1S/C20H24O4Si3/c21-13-20(14-1-7-17(22-25)8-2-14,15-3-9-18(23-26)10-4-15)16-5-11-19(24-27)12-6-16/h1-12,21H,13H2,25-27H3. The molecule has 0 atom stereocenters. The normalized spacial score (nSPS) is 13.2. The van der Waals surface area contributed by atoms with Crippen molar-refractivity contribution in [1.29, 1.82) is 0 Å². The topological polar surface area (TPSA) is 47.9 Å². The number of benzene rings is 3. The van der Waals surface area contributed by atoms with Gasteiger partial charge >= 0.3 is 0 Å². The first-order valence-electron chi connectivity index (χ1n) is 8.72. The third kappa shape index (κ3) is 3.72. The lowest BCUT2D eigenvalue weighted by atomic mass is 9.70. The summed E-state index contributed by atoms with van der Waals surface area (Å²) in [6, 6.07) is 23.9. The van der Waals surface area contributed by atoms with E-state index < -0.39 is 5.41 Å². The molecule has 7 heteroatoms. The largest absolute Gasteiger partial charge is 0.553 e. The molecule has 1 N–H and O–H groups in total. The minimum Gasteiger partial charge on any atom is -0.553 e. The Kier molecular flexibility index (Phi) is 6.17. The molecule has 3 rings (SSSR count). The van der Waals surface area contributed by atoms with Crippen molar-refractivity contribution < 1.29 is 18.4 Å². The molecule has 0 fully saturated rings. The van der Waals surface area contributed by atoms with Gasteiger partial charge in [-0.25, -0.2) is 0 Å². The smallest absolute Gasteiger partial charge is 0.204 e. The molecule has 0 aromatic heterocycles. The molecule has 3 aromatic carbocycles. The Morgan fingerprint density at radius 2 is 0.815 bits per heavy atom. The van der Waals surface area contributed by atoms with Crippen molar-refractivity contribution in [2.45, 2.75) is 5.41 Å². The van der Waals surface area contributed by atoms with Crippen molar-refractivity contribution in [3.8, 4) is 17.2 Å². The molecule has 0 aliphatic heterocycles. The monoisotopic (exact) mass is 412 g/mol. The number of hydrogen-bond acceptors (Lipinski definition) is 4. The zero-order valence-electron chi connectivity index (χ0n) is 15.8. The summed E-state index contributed by atoms with van der Waals surface area (Å²) in [6.45, 7) is -0.0593. The lowest BCUT2D eigenvalue weighted by Crippen LogP contribution is -2.33. The molecule has 0 saturated heterocycles. The van der Waals surface area contributed by atoms with Crippen LogP contribution in [0.1, 0.15) is 16.7 Å². The zero-order valence-corrected chi connectivity index (χ0v) is 21.8. The van der Waals surface area contributed by atoms with Gasteiger partial charge in [-0.05, 0) is 53.1 Å². The van der Waals surface area contributed by atoms with E-state index in [9.17, 15) is 5.11 Å². The predicted molar refractivity (Wildman–Crippen MR) is 118 cm³/mol. The Hall–Kier alpha value is -2.33. The molecule has 0 aliphatic rings. The Labute approximate surface area is 168 Å². The predicted octanol–water partition coefficient (Wildman–Crippen LogP) is -0.00910. The fourth-order valence-electron chi connectivity index (χ4n) is 3.40. The Morgan fingerprint density at radius 3 is 1.00 bits per heavy atom. The van der Waals surface area contributed by atoms with E-state index in [4.69, 9.17) is 13.3 Å². The van der Waals surface area contributed by atoms with E-state index >= 15 is 0 Å². The van der Waals surface area contributed by atoms with Gasteiger partial charge in [0.1, 0.15) is 17.2 Å². The van der Waals surface area contributed by atoms with E-state index in [2.05, 4.69) is 0 Å². The third-order valence-electron chi connectivity index (χ3n) is 4.99. The molecule has 140 valence electrons. The Bertz CT molecular complexity index is 750. The lowest BCUT2D eigenvalue weighted by Gasteiger charge is -2.34. The van der Waals surface area contributed by atoms with Crippen LogP contribution in [-0.4, -0.2) is 43.2 Å². The van der Waals surface area contributed by atoms with Gasteiger partial charge in [-0.1, -0.05) is 36.4 Å². The molecular weight excluding hydrogens is 388 g/mol. The van der Waals surface area contributed by atoms with Crippen molar-refractivity contribution in [2.75, 3.05) is 6.61 Å². The van der Waals surface area contributed by atoms with Crippen LogP contribution in [0.25, 0.3) is 0 Å². The second-order valence-electron chi connectivity index (χ2n) is 6.25. The van der Waals surface area contributed by atoms with Gasteiger partial charge in [0.2, 0.25) is 31.5 Å². The van der Waals surface area contributed by atoms with E-state index in [0.717, 1.165) is 33.9 Å². The molecule has 0 heterocycles. The molecule has 0 spiro atoms. The molecule has 0 saturated carbocycles. The fourth-order valence-corrected chi connectivity index (χ4v) is 4.22. The molecule has 0 amide bonds. The zero-order chi connectivity index (χ0) is 19.3. The molecular formula is C20H24O4Si3. The molecule has 0 bridgehead atoms. The first kappa shape index (κ1) is 19.4. The van der Waals surface area contributed by atoms with Gasteiger partial charge in [0.15, 0.2) is 0 Å². The van der Waals surface area contributed by atoms with Crippen LogP contribution in [-0.2, 0) is 5.41 Å². The molecule has 27 heavy (non-hydrogen) atoms. The van der Waals surface area contributed by atoms with Crippen LogP contribution in [0, 0.1) is 0 Å². The number of hydrogen-bond donors (Lipinski definition) is 1. The molecule has 0 aliphatic carbocycles. The summed E-state index contributed by atoms with van der Waals surface area (Å²) in [6.07, 6.45) is 0. The average Bonchev–Trinajstić information content (AvgIpc) is 2.76. The summed E-state index contributed by atoms with van der Waals surface area (Å²) >= 11 is 0. The van der Waals surface area contributed by atoms with Gasteiger partial charge < -0.3 is 18.4 Å². The highest BCUT2D eigenvalue weighted by atomic mass is 28.2. The van der Waals surface area contributed by atoms with Gasteiger partial charge in [0.05, 0.1) is 12.0 Å². The molecule has 3 aromatic rings. The quantitative estimate of drug-likeness (QED) is 0.438. The lowest BCUT2D eigenvalue weighted by molar-refractivity contribution is 0.243. The summed E-state index contributed by atoms with van der Waals surface area (Å²) < 4.78 is 16.3. The van der Waals surface area contributed by atoms with Crippen molar-refractivity contribution in [3.63, 3.8) is 0 Å². The summed E-state index contributed by atoms with van der Waals surface area (Å²) in [5.74, 6) is 2.53. The van der Waals surface area contributed by atoms with E-state index in [0.29, 0.717) is 31.5 Å². The molecule has 4 nitrogen and oxygen atoms in total. The maximum atomic E-state index is 10.6. The first-order chi connectivity index (χ1) is 13.2. The van der Waals surface area contributed by atoms with Crippen LogP contribution < -0.4 is 13.3 Å². The highest BCUT2D eigenvalue weighted by Gasteiger charge is 2.36. The number of aliphatic hydroxyl groups excluding tert-OH is 1. The van der Waals surface area contributed by atoms with E-state index in [1.807, 2.05) is 72.8 Å². The molecule has 0 unspecified atom stereocenters. The third-order valence-corrected chi connectivity index (χ3v) is 6.40. The Balaban J connectivity index is 2.20. The van der Waals surface area contributed by atoms with Crippen molar-refractivity contribution in [2.24, 2.45) is 0 Å². The van der Waals surface area contributed by atoms with Crippen molar-refractivity contribution in [3.05, 3.63) is 89.5 Å². The van der Waals surface area contributed by atoms with Crippen LogP contribution >= 0.6 is 0 Å². The minimum atomic E-state index is -0.683. The maximum Gasteiger partial charge on any atom is 0.204 e. The highest BCUT2D eigenvalue weighted by Crippen LogP contribution is 2.40. The second-order valence-corrected chi connectivity index (χ2v) is 7.47. The van der Waals surface area contributed by atoms with Gasteiger partial charge in [-0.15, -0.1) is 0 Å². The van der Waals surface area contributed by atoms with Crippen LogP contribution in [0.4, 0.5) is 0 Å². The summed E-state index contributed by atoms with van der Waals surface area (Å²) in [5, 5.41) is 10.6. The fraction of sp³-hybridized carbons (Fsp3) is 0.100. The first-order valence-corrected chi connectivity index (χ1v) is 11.2. The van der Waals surface area contributed by atoms with Crippen LogP contribution in [0.2, 0.25) is 0 Å². The van der Waals surface area contributed by atoms with Gasteiger partial charge in [-0.2, -0.15) is 0 Å². The SMILES string of the molecule is OCC(c1ccc(O[SiH3])cc1)(c1ccc(O[SiH3])cc1)c1ccc(O[SiH3])cc1. The summed E-state index contributed by atoms with van der Waals surface area (Å²) in [5.41, 5.74) is 2.33. The van der Waals surface area contributed by atoms with Crippen molar-refractivity contribution in [1.82, 2.24) is 0 Å². The van der Waals surface area contributed by atoms with E-state index in [1.165, 1.54) is 0 Å². The number of rotatable bonds is 7. The Morgan fingerprint density at radius 1 is 0.556 bits per heavy atom. The van der Waals surface area contributed by atoms with Crippen molar-refractivity contribution >= 4 is 31.5 Å². The van der Waals surface area contributed by atoms with Crippen LogP contribution in [0.3, 0.4) is 0 Å². The van der Waals surface area contributed by atoms with Gasteiger partial charge in [0, 0.05) is 0 Å². The van der Waals surface area contributed by atoms with Crippen LogP contribution in [0.15, 0.2) is 72.8 Å². The highest BCUT2D eigenvalue weighted by molar-refractivity contribution is 6.00. The summed E-state index contributed by atoms with van der Waals surface area (Å²) in [4.78, 5) is 0. The minimum absolute atomic E-state index is 0.0593. The van der Waals surface area contributed by atoms with E-state index in [1.54, 1.807) is 0 Å². The van der Waals surface area contributed by atoms with Gasteiger partial charge in [0.25, 0.3) is 0 Å².